The molecule has 0 radical (unpaired) electrons. The van der Waals surface area contributed by atoms with Gasteiger partial charge in [0.1, 0.15) is 0 Å². The molecule has 1 aliphatic heterocycles. The number of aromatic nitrogens is 4. The van der Waals surface area contributed by atoms with Crippen molar-refractivity contribution in [1.29, 1.82) is 0 Å². The van der Waals surface area contributed by atoms with E-state index in [9.17, 15) is 32.3 Å². The van der Waals surface area contributed by atoms with Gasteiger partial charge in [-0.2, -0.15) is 13.2 Å². The molecule has 3 aromatic rings. The SMILES string of the molecule is CC(=O)Nc1ccccc1-n1c(=O)[nH]c(=O)c2ncn(C3CCN(C(=O)C(F)(F)F)CC3)c21. The smallest absolute Gasteiger partial charge is 0.335 e. The van der Waals surface area contributed by atoms with Crippen LogP contribution in [0.1, 0.15) is 25.8 Å². The number of piperidine rings is 1. The van der Waals surface area contributed by atoms with Gasteiger partial charge in [0.2, 0.25) is 5.91 Å². The topological polar surface area (TPSA) is 122 Å². The summed E-state index contributed by atoms with van der Waals surface area (Å²) in [5, 5.41) is 2.63. The van der Waals surface area contributed by atoms with E-state index in [4.69, 9.17) is 0 Å². The fourth-order valence-corrected chi connectivity index (χ4v) is 4.03. The molecule has 13 heteroatoms. The number of likely N-dealkylation sites (tertiary alicyclic amines) is 1. The lowest BCUT2D eigenvalue weighted by Gasteiger charge is -2.33. The van der Waals surface area contributed by atoms with Gasteiger partial charge in [-0.25, -0.2) is 14.3 Å². The van der Waals surface area contributed by atoms with E-state index in [2.05, 4.69) is 15.3 Å². The highest BCUT2D eigenvalue weighted by Crippen LogP contribution is 2.29. The van der Waals surface area contributed by atoms with Gasteiger partial charge >= 0.3 is 17.8 Å². The molecule has 2 aromatic heterocycles. The molecule has 1 fully saturated rings. The van der Waals surface area contributed by atoms with Crippen molar-refractivity contribution >= 4 is 28.7 Å². The predicted octanol–water partition coefficient (Wildman–Crippen LogP) is 1.56. The normalized spacial score (nSPS) is 15.1. The third kappa shape index (κ3) is 4.13. The quantitative estimate of drug-likeness (QED) is 0.609. The lowest BCUT2D eigenvalue weighted by molar-refractivity contribution is -0.186. The van der Waals surface area contributed by atoms with E-state index in [0.717, 1.165) is 4.90 Å². The Bertz CT molecular complexity index is 1350. The minimum atomic E-state index is -4.95. The Balaban J connectivity index is 1.80. The highest BCUT2D eigenvalue weighted by atomic mass is 19.4. The Kier molecular flexibility index (Phi) is 5.56. The molecule has 2 N–H and O–H groups in total. The molecule has 0 aliphatic carbocycles. The first-order chi connectivity index (χ1) is 15.6. The number of nitrogens with zero attached hydrogens (tertiary/aromatic N) is 4. The molecule has 0 saturated carbocycles. The Hall–Kier alpha value is -3.90. The van der Waals surface area contributed by atoms with Crippen LogP contribution in [0, 0.1) is 0 Å². The molecule has 2 amide bonds. The second kappa shape index (κ2) is 8.22. The highest BCUT2D eigenvalue weighted by Gasteiger charge is 2.43. The molecular weight excluding hydrogens is 445 g/mol. The summed E-state index contributed by atoms with van der Waals surface area (Å²) in [4.78, 5) is 55.5. The van der Waals surface area contributed by atoms with Gasteiger partial charge in [-0.05, 0) is 25.0 Å². The van der Waals surface area contributed by atoms with Crippen molar-refractivity contribution in [2.24, 2.45) is 0 Å². The number of hydrogen-bond donors (Lipinski definition) is 2. The number of hydrogen-bond acceptors (Lipinski definition) is 5. The van der Waals surface area contributed by atoms with Gasteiger partial charge in [-0.3, -0.25) is 19.4 Å². The van der Waals surface area contributed by atoms with Crippen LogP contribution in [0.15, 0.2) is 40.2 Å². The number of amides is 2. The maximum absolute atomic E-state index is 12.9. The molecule has 1 aromatic carbocycles. The zero-order valence-electron chi connectivity index (χ0n) is 17.3. The summed E-state index contributed by atoms with van der Waals surface area (Å²) in [5.41, 5.74) is -0.782. The maximum atomic E-state index is 12.9. The molecule has 1 saturated heterocycles. The monoisotopic (exact) mass is 464 g/mol. The molecule has 10 nitrogen and oxygen atoms in total. The van der Waals surface area contributed by atoms with Gasteiger partial charge < -0.3 is 14.8 Å². The summed E-state index contributed by atoms with van der Waals surface area (Å²) >= 11 is 0. The number of H-pyrrole nitrogens is 1. The Labute approximate surface area is 183 Å². The van der Waals surface area contributed by atoms with Crippen molar-refractivity contribution in [3.63, 3.8) is 0 Å². The van der Waals surface area contributed by atoms with Gasteiger partial charge in [0.15, 0.2) is 11.2 Å². The number of aromatic amines is 1. The number of benzene rings is 1. The molecule has 0 unspecified atom stereocenters. The van der Waals surface area contributed by atoms with E-state index in [1.807, 2.05) is 0 Å². The Morgan fingerprint density at radius 3 is 2.45 bits per heavy atom. The number of carbonyl (C=O) groups is 2. The van der Waals surface area contributed by atoms with Crippen LogP contribution in [-0.2, 0) is 9.59 Å². The van der Waals surface area contributed by atoms with Gasteiger partial charge in [0, 0.05) is 26.1 Å². The first-order valence-electron chi connectivity index (χ1n) is 10.0. The van der Waals surface area contributed by atoms with Crippen molar-refractivity contribution in [2.45, 2.75) is 32.0 Å². The van der Waals surface area contributed by atoms with Crippen LogP contribution >= 0.6 is 0 Å². The van der Waals surface area contributed by atoms with Gasteiger partial charge in [0.25, 0.3) is 5.56 Å². The molecule has 1 aliphatic rings. The van der Waals surface area contributed by atoms with Crippen LogP contribution in [0.2, 0.25) is 0 Å². The third-order valence-electron chi connectivity index (χ3n) is 5.46. The number of nitrogens with one attached hydrogen (secondary N) is 2. The van der Waals surface area contributed by atoms with E-state index in [1.165, 1.54) is 17.8 Å². The molecule has 0 spiro atoms. The van der Waals surface area contributed by atoms with Gasteiger partial charge in [-0.1, -0.05) is 12.1 Å². The van der Waals surface area contributed by atoms with Gasteiger partial charge in [-0.15, -0.1) is 0 Å². The minimum Gasteiger partial charge on any atom is -0.335 e. The van der Waals surface area contributed by atoms with Crippen molar-refractivity contribution in [3.05, 3.63) is 51.4 Å². The summed E-state index contributed by atoms with van der Waals surface area (Å²) in [6.07, 6.45) is -3.26. The Morgan fingerprint density at radius 1 is 1.15 bits per heavy atom. The largest absolute Gasteiger partial charge is 0.471 e. The van der Waals surface area contributed by atoms with Gasteiger partial charge in [0.05, 0.1) is 17.7 Å². The maximum Gasteiger partial charge on any atom is 0.471 e. The molecule has 4 rings (SSSR count). The number of para-hydroxylation sites is 2. The Morgan fingerprint density at radius 2 is 1.82 bits per heavy atom. The zero-order chi connectivity index (χ0) is 23.9. The van der Waals surface area contributed by atoms with E-state index in [1.54, 1.807) is 28.8 Å². The van der Waals surface area contributed by atoms with Crippen molar-refractivity contribution < 1.29 is 22.8 Å². The minimum absolute atomic E-state index is 0.0407. The standard InChI is InChI=1S/C20H19F3N6O4/c1-11(30)25-13-4-2-3-5-14(13)29-17-15(16(31)26-19(29)33)24-10-28(17)12-6-8-27(9-7-12)18(32)20(21,22)23/h2-5,10,12H,6-9H2,1H3,(H,25,30)(H,26,31,33). The van der Waals surface area contributed by atoms with Crippen molar-refractivity contribution in [3.8, 4) is 5.69 Å². The average molecular weight is 464 g/mol. The molecule has 174 valence electrons. The first-order valence-corrected chi connectivity index (χ1v) is 10.0. The number of rotatable bonds is 3. The lowest BCUT2D eigenvalue weighted by atomic mass is 10.0. The van der Waals surface area contributed by atoms with E-state index in [-0.39, 0.29) is 48.7 Å². The van der Waals surface area contributed by atoms with Crippen LogP contribution in [0.25, 0.3) is 16.9 Å². The summed E-state index contributed by atoms with van der Waals surface area (Å²) in [6.45, 7) is 1.03. The second-order valence-electron chi connectivity index (χ2n) is 7.64. The average Bonchev–Trinajstić information content (AvgIpc) is 3.19. The van der Waals surface area contributed by atoms with E-state index in [0.29, 0.717) is 5.69 Å². The second-order valence-corrected chi connectivity index (χ2v) is 7.64. The molecule has 33 heavy (non-hydrogen) atoms. The number of imidazole rings is 1. The summed E-state index contributed by atoms with van der Waals surface area (Å²) in [5.74, 6) is -2.26. The van der Waals surface area contributed by atoms with Crippen LogP contribution in [0.3, 0.4) is 0 Å². The fourth-order valence-electron chi connectivity index (χ4n) is 4.03. The predicted molar refractivity (Wildman–Crippen MR) is 111 cm³/mol. The van der Waals surface area contributed by atoms with Crippen LogP contribution in [-0.4, -0.2) is 55.1 Å². The van der Waals surface area contributed by atoms with Crippen LogP contribution in [0.5, 0.6) is 0 Å². The van der Waals surface area contributed by atoms with Crippen LogP contribution < -0.4 is 16.6 Å². The van der Waals surface area contributed by atoms with Crippen molar-refractivity contribution in [2.75, 3.05) is 18.4 Å². The molecule has 0 bridgehead atoms. The summed E-state index contributed by atoms with van der Waals surface area (Å²) in [6, 6.07) is 6.06. The van der Waals surface area contributed by atoms with Crippen molar-refractivity contribution in [1.82, 2.24) is 24.0 Å². The number of alkyl halides is 3. The zero-order valence-corrected chi connectivity index (χ0v) is 17.3. The first kappa shape index (κ1) is 22.3. The molecular formula is C20H19F3N6O4. The highest BCUT2D eigenvalue weighted by molar-refractivity contribution is 5.91. The summed E-state index contributed by atoms with van der Waals surface area (Å²) < 4.78 is 41.0. The summed E-state index contributed by atoms with van der Waals surface area (Å²) in [7, 11) is 0. The number of anilines is 1. The number of fused-ring (bicyclic) bond motifs is 1. The number of halogens is 3. The fraction of sp³-hybridized carbons (Fsp3) is 0.350. The van der Waals surface area contributed by atoms with E-state index < -0.39 is 29.4 Å². The van der Waals surface area contributed by atoms with E-state index >= 15 is 0 Å². The molecule has 0 atom stereocenters. The third-order valence-corrected chi connectivity index (χ3v) is 5.46. The molecule has 3 heterocycles. The lowest BCUT2D eigenvalue weighted by Crippen LogP contribution is -2.45. The van der Waals surface area contributed by atoms with Crippen LogP contribution in [0.4, 0.5) is 18.9 Å². The number of carbonyl (C=O) groups excluding carboxylic acids is 2.